The molecular formula is C15H11FN4. The zero-order valence-corrected chi connectivity index (χ0v) is 10.8. The third-order valence-electron chi connectivity index (χ3n) is 3.22. The lowest BCUT2D eigenvalue weighted by Gasteiger charge is -2.10. The van der Waals surface area contributed by atoms with Gasteiger partial charge < -0.3 is 5.73 Å². The molecule has 0 saturated heterocycles. The van der Waals surface area contributed by atoms with E-state index in [1.54, 1.807) is 22.8 Å². The Kier molecular flexibility index (Phi) is 2.65. The summed E-state index contributed by atoms with van der Waals surface area (Å²) < 4.78 is 15.1. The largest absolute Gasteiger partial charge is 0.369 e. The minimum Gasteiger partial charge on any atom is -0.369 e. The third kappa shape index (κ3) is 1.79. The number of imidazole rings is 1. The molecule has 2 N–H and O–H groups in total. The zero-order chi connectivity index (χ0) is 14.3. The van der Waals surface area contributed by atoms with Gasteiger partial charge in [0.2, 0.25) is 5.95 Å². The van der Waals surface area contributed by atoms with Crippen LogP contribution in [0.1, 0.15) is 11.1 Å². The molecule has 20 heavy (non-hydrogen) atoms. The highest BCUT2D eigenvalue weighted by Gasteiger charge is 2.13. The zero-order valence-electron chi connectivity index (χ0n) is 10.8. The number of nitrogen functional groups attached to an aromatic ring is 1. The summed E-state index contributed by atoms with van der Waals surface area (Å²) in [6.45, 7) is 1.90. The number of rotatable bonds is 1. The number of fused-ring (bicyclic) bond motifs is 1. The molecule has 3 rings (SSSR count). The summed E-state index contributed by atoms with van der Waals surface area (Å²) in [4.78, 5) is 4.22. The highest BCUT2D eigenvalue weighted by molar-refractivity contribution is 5.81. The summed E-state index contributed by atoms with van der Waals surface area (Å²) >= 11 is 0. The van der Waals surface area contributed by atoms with E-state index in [2.05, 4.69) is 11.1 Å². The van der Waals surface area contributed by atoms with Gasteiger partial charge >= 0.3 is 0 Å². The van der Waals surface area contributed by atoms with E-state index in [4.69, 9.17) is 11.0 Å². The average Bonchev–Trinajstić information content (AvgIpc) is 2.75. The monoisotopic (exact) mass is 266 g/mol. The van der Waals surface area contributed by atoms with Crippen molar-refractivity contribution < 1.29 is 4.39 Å². The number of nitrogens with two attached hydrogens (primary N) is 1. The molecule has 0 spiro atoms. The third-order valence-corrected chi connectivity index (χ3v) is 3.22. The van der Waals surface area contributed by atoms with Gasteiger partial charge in [0.1, 0.15) is 5.82 Å². The maximum absolute atomic E-state index is 13.5. The van der Waals surface area contributed by atoms with Gasteiger partial charge in [-0.25, -0.2) is 9.37 Å². The maximum atomic E-state index is 13.5. The number of hydrogen-bond acceptors (Lipinski definition) is 3. The van der Waals surface area contributed by atoms with Crippen LogP contribution in [0.25, 0.3) is 16.7 Å². The second kappa shape index (κ2) is 4.35. The summed E-state index contributed by atoms with van der Waals surface area (Å²) in [5, 5.41) is 9.01. The highest BCUT2D eigenvalue weighted by Crippen LogP contribution is 2.26. The molecule has 0 aliphatic carbocycles. The molecule has 0 amide bonds. The topological polar surface area (TPSA) is 67.6 Å². The summed E-state index contributed by atoms with van der Waals surface area (Å²) in [7, 11) is 0. The molecule has 0 atom stereocenters. The Morgan fingerprint density at radius 1 is 1.25 bits per heavy atom. The van der Waals surface area contributed by atoms with Gasteiger partial charge in [-0.1, -0.05) is 6.07 Å². The first-order valence-corrected chi connectivity index (χ1v) is 6.05. The van der Waals surface area contributed by atoms with Crippen LogP contribution < -0.4 is 5.73 Å². The summed E-state index contributed by atoms with van der Waals surface area (Å²) in [5.41, 5.74) is 9.32. The van der Waals surface area contributed by atoms with Gasteiger partial charge in [-0.2, -0.15) is 5.26 Å². The molecule has 4 nitrogen and oxygen atoms in total. The van der Waals surface area contributed by atoms with Gasteiger partial charge in [0.25, 0.3) is 0 Å². The summed E-state index contributed by atoms with van der Waals surface area (Å²) in [6.07, 6.45) is 0. The smallest absolute Gasteiger partial charge is 0.205 e. The van der Waals surface area contributed by atoms with Crippen molar-refractivity contribution in [1.29, 1.82) is 5.26 Å². The highest BCUT2D eigenvalue weighted by atomic mass is 19.1. The number of aromatic nitrogens is 2. The molecule has 0 saturated carbocycles. The van der Waals surface area contributed by atoms with E-state index in [1.165, 1.54) is 12.1 Å². The molecule has 5 heteroatoms. The summed E-state index contributed by atoms with van der Waals surface area (Å²) in [6, 6.07) is 11.7. The number of anilines is 1. The fraction of sp³-hybridized carbons (Fsp3) is 0.0667. The van der Waals surface area contributed by atoms with Gasteiger partial charge in [-0.05, 0) is 36.8 Å². The van der Waals surface area contributed by atoms with Crippen LogP contribution in [0.2, 0.25) is 0 Å². The van der Waals surface area contributed by atoms with E-state index < -0.39 is 0 Å². The number of hydrogen-bond donors (Lipinski definition) is 1. The number of nitrogens with zero attached hydrogens (tertiary/aromatic N) is 3. The van der Waals surface area contributed by atoms with Crippen LogP contribution in [0.15, 0.2) is 36.4 Å². The Hall–Kier alpha value is -2.87. The normalized spacial score (nSPS) is 10.7. The molecule has 0 aliphatic heterocycles. The fourth-order valence-corrected chi connectivity index (χ4v) is 2.24. The van der Waals surface area contributed by atoms with Crippen molar-refractivity contribution in [2.45, 2.75) is 6.92 Å². The minimum atomic E-state index is -0.354. The first-order valence-electron chi connectivity index (χ1n) is 6.05. The molecule has 0 radical (unpaired) electrons. The lowest BCUT2D eigenvalue weighted by molar-refractivity contribution is 0.629. The quantitative estimate of drug-likeness (QED) is 0.736. The molecule has 0 unspecified atom stereocenters. The molecule has 2 aromatic carbocycles. The van der Waals surface area contributed by atoms with Gasteiger partial charge in [0.15, 0.2) is 0 Å². The van der Waals surface area contributed by atoms with Crippen LogP contribution in [0.5, 0.6) is 0 Å². The van der Waals surface area contributed by atoms with Crippen LogP contribution in [-0.2, 0) is 0 Å². The van der Waals surface area contributed by atoms with E-state index in [0.717, 1.165) is 11.3 Å². The SMILES string of the molecule is Cc1ccc(C#N)cc1-n1c(N)nc2ccc(F)cc21. The van der Waals surface area contributed by atoms with Crippen LogP contribution in [0.3, 0.4) is 0 Å². The van der Waals surface area contributed by atoms with Crippen LogP contribution in [0, 0.1) is 24.1 Å². The molecule has 1 heterocycles. The van der Waals surface area contributed by atoms with Crippen molar-refractivity contribution in [1.82, 2.24) is 9.55 Å². The Morgan fingerprint density at radius 3 is 2.80 bits per heavy atom. The predicted molar refractivity (Wildman–Crippen MR) is 74.9 cm³/mol. The van der Waals surface area contributed by atoms with E-state index in [1.807, 2.05) is 13.0 Å². The number of benzene rings is 2. The second-order valence-electron chi connectivity index (χ2n) is 4.55. The van der Waals surface area contributed by atoms with Crippen molar-refractivity contribution in [3.05, 3.63) is 53.3 Å². The molecule has 3 aromatic rings. The van der Waals surface area contributed by atoms with Crippen molar-refractivity contribution >= 4 is 17.0 Å². The van der Waals surface area contributed by atoms with Crippen LogP contribution in [0.4, 0.5) is 10.3 Å². The Balaban J connectivity index is 2.37. The van der Waals surface area contributed by atoms with Gasteiger partial charge in [0, 0.05) is 6.07 Å². The maximum Gasteiger partial charge on any atom is 0.205 e. The van der Waals surface area contributed by atoms with E-state index in [0.29, 0.717) is 16.6 Å². The van der Waals surface area contributed by atoms with Crippen molar-refractivity contribution in [3.8, 4) is 11.8 Å². The lowest BCUT2D eigenvalue weighted by atomic mass is 10.1. The van der Waals surface area contributed by atoms with E-state index in [-0.39, 0.29) is 11.8 Å². The molecule has 0 bridgehead atoms. The average molecular weight is 266 g/mol. The molecule has 98 valence electrons. The minimum absolute atomic E-state index is 0.267. The van der Waals surface area contributed by atoms with Gasteiger partial charge in [-0.3, -0.25) is 4.57 Å². The number of halogens is 1. The molecular weight excluding hydrogens is 255 g/mol. The van der Waals surface area contributed by atoms with E-state index >= 15 is 0 Å². The van der Waals surface area contributed by atoms with Gasteiger partial charge in [0.05, 0.1) is 28.4 Å². The standard InChI is InChI=1S/C15H11FN4/c1-9-2-3-10(8-17)6-13(9)20-14-7-11(16)4-5-12(14)19-15(20)18/h2-7H,1H3,(H2,18,19). The Morgan fingerprint density at radius 2 is 2.05 bits per heavy atom. The van der Waals surface area contributed by atoms with Crippen LogP contribution >= 0.6 is 0 Å². The fourth-order valence-electron chi connectivity index (χ4n) is 2.24. The first-order chi connectivity index (χ1) is 9.60. The molecule has 0 fully saturated rings. The second-order valence-corrected chi connectivity index (χ2v) is 4.55. The number of nitriles is 1. The first kappa shape index (κ1) is 12.2. The van der Waals surface area contributed by atoms with Crippen molar-refractivity contribution in [2.24, 2.45) is 0 Å². The van der Waals surface area contributed by atoms with Crippen molar-refractivity contribution in [3.63, 3.8) is 0 Å². The van der Waals surface area contributed by atoms with Crippen molar-refractivity contribution in [2.75, 3.05) is 5.73 Å². The molecule has 1 aromatic heterocycles. The Labute approximate surface area is 114 Å². The predicted octanol–water partition coefficient (Wildman–Crippen LogP) is 2.93. The lowest BCUT2D eigenvalue weighted by Crippen LogP contribution is -2.03. The Bertz CT molecular complexity index is 858. The summed E-state index contributed by atoms with van der Waals surface area (Å²) in [5.74, 6) is -0.0865. The van der Waals surface area contributed by atoms with E-state index in [9.17, 15) is 4.39 Å². The van der Waals surface area contributed by atoms with Crippen LogP contribution in [-0.4, -0.2) is 9.55 Å². The molecule has 0 aliphatic rings. The van der Waals surface area contributed by atoms with Gasteiger partial charge in [-0.15, -0.1) is 0 Å². The number of aryl methyl sites for hydroxylation is 1.